The van der Waals surface area contributed by atoms with Gasteiger partial charge < -0.3 is 18.6 Å². The number of hydrogen-bond donors (Lipinski definition) is 0. The first kappa shape index (κ1) is 27.1. The molecule has 41 heavy (non-hydrogen) atoms. The van der Waals surface area contributed by atoms with Crippen LogP contribution in [0.4, 0.5) is 0 Å². The molecule has 2 aromatic heterocycles. The number of nitrogens with zero attached hydrogens (tertiary/aromatic N) is 4. The number of hydrogen-bond acceptors (Lipinski definition) is 6. The van der Waals surface area contributed by atoms with Crippen molar-refractivity contribution in [2.24, 2.45) is 5.92 Å². The second-order valence-electron chi connectivity index (χ2n) is 11.4. The molecule has 0 amide bonds. The Kier molecular flexibility index (Phi) is 7.77. The molecule has 2 heterocycles. The van der Waals surface area contributed by atoms with Gasteiger partial charge >= 0.3 is 0 Å². The van der Waals surface area contributed by atoms with Gasteiger partial charge in [-0.2, -0.15) is 4.98 Å². The molecule has 1 saturated carbocycles. The van der Waals surface area contributed by atoms with Crippen LogP contribution < -0.4 is 9.47 Å². The second kappa shape index (κ2) is 11.8. The van der Waals surface area contributed by atoms with Crippen molar-refractivity contribution in [3.05, 3.63) is 89.1 Å². The van der Waals surface area contributed by atoms with Crippen molar-refractivity contribution in [1.29, 1.82) is 0 Å². The average Bonchev–Trinajstić information content (AvgIpc) is 3.64. The fourth-order valence-corrected chi connectivity index (χ4v) is 5.89. The lowest BCUT2D eigenvalue weighted by Gasteiger charge is -2.23. The molecule has 0 radical (unpaired) electrons. The standard InChI is InChI=1S/C34H38N4O3/c1-5-26-12-8-25(16-23(26)3)20-40-31-15-9-24(17-32(31)39-4)19-38-21-35-29-18-28(13-14-30(29)38)33-36-34(41-37-33)27-10-6-22(2)7-11-27/h8-9,12-18,21-22,27H,5-7,10-11,19-20H2,1-4H3. The van der Waals surface area contributed by atoms with E-state index in [1.165, 1.54) is 24.0 Å². The third-order valence-electron chi connectivity index (χ3n) is 8.45. The summed E-state index contributed by atoms with van der Waals surface area (Å²) in [5.74, 6) is 4.01. The Morgan fingerprint density at radius 2 is 1.78 bits per heavy atom. The molecule has 0 unspecified atom stereocenters. The number of ether oxygens (including phenoxy) is 2. The first-order valence-corrected chi connectivity index (χ1v) is 14.7. The Morgan fingerprint density at radius 1 is 0.951 bits per heavy atom. The molecule has 1 fully saturated rings. The van der Waals surface area contributed by atoms with Crippen molar-refractivity contribution in [3.8, 4) is 22.9 Å². The summed E-state index contributed by atoms with van der Waals surface area (Å²) in [6.07, 6.45) is 7.60. The first-order chi connectivity index (χ1) is 20.0. The zero-order valence-corrected chi connectivity index (χ0v) is 24.4. The largest absolute Gasteiger partial charge is 0.493 e. The zero-order valence-electron chi connectivity index (χ0n) is 24.4. The Hall–Kier alpha value is -4.13. The molecule has 1 aliphatic carbocycles. The Labute approximate surface area is 241 Å². The van der Waals surface area contributed by atoms with E-state index in [1.807, 2.05) is 30.6 Å². The fraction of sp³-hybridized carbons (Fsp3) is 0.382. The Bertz CT molecular complexity index is 1650. The van der Waals surface area contributed by atoms with Crippen LogP contribution in [0.2, 0.25) is 0 Å². The van der Waals surface area contributed by atoms with Gasteiger partial charge in [0.2, 0.25) is 11.7 Å². The molecule has 3 aromatic carbocycles. The fourth-order valence-electron chi connectivity index (χ4n) is 5.89. The van der Waals surface area contributed by atoms with Crippen LogP contribution in [-0.4, -0.2) is 26.8 Å². The number of benzene rings is 3. The maximum Gasteiger partial charge on any atom is 0.230 e. The molecule has 7 heteroatoms. The van der Waals surface area contributed by atoms with E-state index in [0.29, 0.717) is 24.9 Å². The number of aryl methyl sites for hydroxylation is 2. The molecule has 5 aromatic rings. The summed E-state index contributed by atoms with van der Waals surface area (Å²) in [6, 6.07) is 18.8. The van der Waals surface area contributed by atoms with Crippen LogP contribution in [0.15, 0.2) is 65.4 Å². The SMILES string of the molecule is CCc1ccc(COc2ccc(Cn3cnc4cc(-c5noc(C6CCC(C)CC6)n5)ccc43)cc2OC)cc1C. The topological polar surface area (TPSA) is 75.2 Å². The van der Waals surface area contributed by atoms with Crippen LogP contribution in [0.1, 0.15) is 73.6 Å². The minimum Gasteiger partial charge on any atom is -0.493 e. The van der Waals surface area contributed by atoms with Crippen LogP contribution in [0, 0.1) is 12.8 Å². The highest BCUT2D eigenvalue weighted by Gasteiger charge is 2.25. The summed E-state index contributed by atoms with van der Waals surface area (Å²) in [5.41, 5.74) is 7.78. The molecule has 0 spiro atoms. The summed E-state index contributed by atoms with van der Waals surface area (Å²) in [5, 5.41) is 4.29. The van der Waals surface area contributed by atoms with Crippen molar-refractivity contribution >= 4 is 11.0 Å². The van der Waals surface area contributed by atoms with Gasteiger partial charge in [0.1, 0.15) is 6.61 Å². The zero-order chi connectivity index (χ0) is 28.3. The van der Waals surface area contributed by atoms with Crippen molar-refractivity contribution < 1.29 is 14.0 Å². The number of methoxy groups -OCH3 is 1. The van der Waals surface area contributed by atoms with E-state index in [9.17, 15) is 0 Å². The normalized spacial score (nSPS) is 17.2. The van der Waals surface area contributed by atoms with Gasteiger partial charge in [-0.05, 0) is 97.5 Å². The molecular weight excluding hydrogens is 512 g/mol. The monoisotopic (exact) mass is 550 g/mol. The Morgan fingerprint density at radius 3 is 2.56 bits per heavy atom. The minimum atomic E-state index is 0.376. The van der Waals surface area contributed by atoms with Crippen LogP contribution in [0.3, 0.4) is 0 Å². The lowest BCUT2D eigenvalue weighted by atomic mass is 9.83. The highest BCUT2D eigenvalue weighted by atomic mass is 16.5. The van der Waals surface area contributed by atoms with Gasteiger partial charge in [-0.15, -0.1) is 0 Å². The maximum atomic E-state index is 6.14. The van der Waals surface area contributed by atoms with Gasteiger partial charge in [-0.25, -0.2) is 4.98 Å². The third kappa shape index (κ3) is 5.85. The van der Waals surface area contributed by atoms with Crippen molar-refractivity contribution in [1.82, 2.24) is 19.7 Å². The molecule has 1 aliphatic rings. The molecule has 0 N–H and O–H groups in total. The number of aromatic nitrogens is 4. The number of rotatable bonds is 9. The molecule has 212 valence electrons. The van der Waals surface area contributed by atoms with Gasteiger partial charge in [0.25, 0.3) is 0 Å². The van der Waals surface area contributed by atoms with Crippen molar-refractivity contribution in [3.63, 3.8) is 0 Å². The summed E-state index contributed by atoms with van der Waals surface area (Å²) in [4.78, 5) is 9.42. The predicted octanol–water partition coefficient (Wildman–Crippen LogP) is 7.89. The lowest BCUT2D eigenvalue weighted by Crippen LogP contribution is -2.11. The second-order valence-corrected chi connectivity index (χ2v) is 11.4. The lowest BCUT2D eigenvalue weighted by molar-refractivity contribution is 0.281. The van der Waals surface area contributed by atoms with Gasteiger partial charge in [0.05, 0.1) is 24.5 Å². The molecule has 7 nitrogen and oxygen atoms in total. The van der Waals surface area contributed by atoms with Gasteiger partial charge in [-0.1, -0.05) is 43.3 Å². The minimum absolute atomic E-state index is 0.376. The summed E-state index contributed by atoms with van der Waals surface area (Å²) in [7, 11) is 1.68. The van der Waals surface area contributed by atoms with E-state index >= 15 is 0 Å². The summed E-state index contributed by atoms with van der Waals surface area (Å²) < 4.78 is 19.6. The van der Waals surface area contributed by atoms with E-state index in [2.05, 4.69) is 65.8 Å². The van der Waals surface area contributed by atoms with Crippen LogP contribution >= 0.6 is 0 Å². The summed E-state index contributed by atoms with van der Waals surface area (Å²) in [6.45, 7) is 7.81. The predicted molar refractivity (Wildman–Crippen MR) is 160 cm³/mol. The average molecular weight is 551 g/mol. The van der Waals surface area contributed by atoms with E-state index in [4.69, 9.17) is 19.0 Å². The van der Waals surface area contributed by atoms with Crippen molar-refractivity contribution in [2.45, 2.75) is 71.9 Å². The van der Waals surface area contributed by atoms with Gasteiger partial charge in [0.15, 0.2) is 11.5 Å². The van der Waals surface area contributed by atoms with Crippen LogP contribution in [-0.2, 0) is 19.6 Å². The van der Waals surface area contributed by atoms with Crippen LogP contribution in [0.25, 0.3) is 22.4 Å². The van der Waals surface area contributed by atoms with E-state index < -0.39 is 0 Å². The molecular formula is C34H38N4O3. The highest BCUT2D eigenvalue weighted by molar-refractivity contribution is 5.80. The summed E-state index contributed by atoms with van der Waals surface area (Å²) >= 11 is 0. The quantitative estimate of drug-likeness (QED) is 0.186. The smallest absolute Gasteiger partial charge is 0.230 e. The molecule has 0 atom stereocenters. The van der Waals surface area contributed by atoms with Crippen LogP contribution in [0.5, 0.6) is 11.5 Å². The van der Waals surface area contributed by atoms with E-state index in [-0.39, 0.29) is 0 Å². The molecule has 0 saturated heterocycles. The van der Waals surface area contributed by atoms with Crippen molar-refractivity contribution in [2.75, 3.05) is 7.11 Å². The van der Waals surface area contributed by atoms with E-state index in [1.54, 1.807) is 7.11 Å². The van der Waals surface area contributed by atoms with Gasteiger partial charge in [-0.3, -0.25) is 0 Å². The third-order valence-corrected chi connectivity index (χ3v) is 8.45. The maximum absolute atomic E-state index is 6.14. The number of imidazole rings is 1. The number of fused-ring (bicyclic) bond motifs is 1. The van der Waals surface area contributed by atoms with E-state index in [0.717, 1.165) is 70.3 Å². The molecule has 0 bridgehead atoms. The van der Waals surface area contributed by atoms with Gasteiger partial charge in [0, 0.05) is 18.0 Å². The Balaban J connectivity index is 1.14. The highest BCUT2D eigenvalue weighted by Crippen LogP contribution is 2.36. The molecule has 0 aliphatic heterocycles. The first-order valence-electron chi connectivity index (χ1n) is 14.7. The molecule has 6 rings (SSSR count).